The van der Waals surface area contributed by atoms with Crippen LogP contribution in [0.5, 0.6) is 5.75 Å². The van der Waals surface area contributed by atoms with Gasteiger partial charge in [0.1, 0.15) is 5.75 Å². The van der Waals surface area contributed by atoms with Gasteiger partial charge in [0.2, 0.25) is 5.91 Å². The van der Waals surface area contributed by atoms with Crippen LogP contribution in [0.15, 0.2) is 48.5 Å². The zero-order chi connectivity index (χ0) is 16.2. The van der Waals surface area contributed by atoms with Crippen molar-refractivity contribution in [3.8, 4) is 5.75 Å². The molecule has 0 saturated heterocycles. The van der Waals surface area contributed by atoms with Gasteiger partial charge in [-0.2, -0.15) is 0 Å². The summed E-state index contributed by atoms with van der Waals surface area (Å²) in [5.74, 6) is 0.945. The quantitative estimate of drug-likeness (QED) is 0.873. The summed E-state index contributed by atoms with van der Waals surface area (Å²) < 4.78 is 5.16. The molecule has 4 nitrogen and oxygen atoms in total. The van der Waals surface area contributed by atoms with Crippen molar-refractivity contribution >= 4 is 17.3 Å². The normalized spacial score (nSPS) is 14.2. The van der Waals surface area contributed by atoms with E-state index in [0.29, 0.717) is 6.42 Å². The first-order valence-corrected chi connectivity index (χ1v) is 7.92. The molecule has 1 heterocycles. The lowest BCUT2D eigenvalue weighted by Crippen LogP contribution is -2.32. The number of amides is 1. The minimum atomic E-state index is 0.137. The number of fused-ring (bicyclic) bond motifs is 1. The number of benzene rings is 2. The number of hydrogen-bond donors (Lipinski definition) is 0. The number of rotatable bonds is 3. The molecular formula is C19H22N2O2. The van der Waals surface area contributed by atoms with Gasteiger partial charge in [-0.25, -0.2) is 0 Å². The minimum absolute atomic E-state index is 0.137. The first-order chi connectivity index (χ1) is 11.2. The molecule has 4 heteroatoms. The molecule has 1 aliphatic heterocycles. The molecule has 1 aliphatic rings. The maximum Gasteiger partial charge on any atom is 0.231 e. The number of para-hydroxylation sites is 2. The van der Waals surface area contributed by atoms with Gasteiger partial charge in [-0.05, 0) is 36.2 Å². The fourth-order valence-corrected chi connectivity index (χ4v) is 2.99. The fourth-order valence-electron chi connectivity index (χ4n) is 2.99. The highest BCUT2D eigenvalue weighted by atomic mass is 16.5. The Morgan fingerprint density at radius 2 is 1.74 bits per heavy atom. The van der Waals surface area contributed by atoms with Crippen molar-refractivity contribution in [2.75, 3.05) is 37.0 Å². The Morgan fingerprint density at radius 3 is 2.43 bits per heavy atom. The van der Waals surface area contributed by atoms with E-state index in [1.807, 2.05) is 47.4 Å². The zero-order valence-electron chi connectivity index (χ0n) is 13.7. The van der Waals surface area contributed by atoms with Gasteiger partial charge in [0.15, 0.2) is 0 Å². The summed E-state index contributed by atoms with van der Waals surface area (Å²) in [6.45, 7) is 1.72. The van der Waals surface area contributed by atoms with E-state index in [9.17, 15) is 4.79 Å². The van der Waals surface area contributed by atoms with Gasteiger partial charge in [-0.1, -0.05) is 24.3 Å². The average Bonchev–Trinajstić information content (AvgIpc) is 2.75. The number of methoxy groups -OCH3 is 1. The summed E-state index contributed by atoms with van der Waals surface area (Å²) in [6, 6.07) is 15.8. The second-order valence-electron chi connectivity index (χ2n) is 5.83. The lowest BCUT2D eigenvalue weighted by Gasteiger charge is -2.24. The third-order valence-electron chi connectivity index (χ3n) is 4.27. The van der Waals surface area contributed by atoms with Crippen molar-refractivity contribution < 1.29 is 9.53 Å². The molecule has 1 amide bonds. The Kier molecular flexibility index (Phi) is 4.51. The Morgan fingerprint density at radius 1 is 1.04 bits per heavy atom. The molecular weight excluding hydrogens is 288 g/mol. The van der Waals surface area contributed by atoms with Crippen molar-refractivity contribution in [3.63, 3.8) is 0 Å². The second-order valence-corrected chi connectivity index (χ2v) is 5.83. The second kappa shape index (κ2) is 6.73. The van der Waals surface area contributed by atoms with Crippen LogP contribution < -0.4 is 14.5 Å². The summed E-state index contributed by atoms with van der Waals surface area (Å²) in [5.41, 5.74) is 3.13. The van der Waals surface area contributed by atoms with Gasteiger partial charge >= 0.3 is 0 Å². The van der Waals surface area contributed by atoms with E-state index in [1.165, 1.54) is 0 Å². The van der Waals surface area contributed by atoms with Crippen LogP contribution >= 0.6 is 0 Å². The summed E-state index contributed by atoms with van der Waals surface area (Å²) in [4.78, 5) is 17.0. The van der Waals surface area contributed by atoms with Crippen LogP contribution in [0.1, 0.15) is 12.0 Å². The van der Waals surface area contributed by atoms with Gasteiger partial charge in [-0.15, -0.1) is 0 Å². The standard InChI is InChI=1S/C19H22N2O2/c1-20-12-5-13-21(18-7-4-3-6-17(18)20)19(22)14-15-8-10-16(23-2)11-9-15/h3-4,6-11H,5,12-14H2,1-2H3. The minimum Gasteiger partial charge on any atom is -0.497 e. The van der Waals surface area contributed by atoms with Crippen LogP contribution in [0.3, 0.4) is 0 Å². The van der Waals surface area contributed by atoms with Crippen LogP contribution in [0.2, 0.25) is 0 Å². The molecule has 0 bridgehead atoms. The Hall–Kier alpha value is -2.49. The van der Waals surface area contributed by atoms with Crippen molar-refractivity contribution in [2.45, 2.75) is 12.8 Å². The summed E-state index contributed by atoms with van der Waals surface area (Å²) in [7, 11) is 3.72. The first kappa shape index (κ1) is 15.4. The van der Waals surface area contributed by atoms with E-state index in [0.717, 1.165) is 42.2 Å². The monoisotopic (exact) mass is 310 g/mol. The zero-order valence-corrected chi connectivity index (χ0v) is 13.7. The smallest absolute Gasteiger partial charge is 0.231 e. The van der Waals surface area contributed by atoms with Gasteiger partial charge in [0.05, 0.1) is 24.9 Å². The van der Waals surface area contributed by atoms with E-state index in [-0.39, 0.29) is 5.91 Å². The molecule has 120 valence electrons. The van der Waals surface area contributed by atoms with Crippen LogP contribution in [-0.4, -0.2) is 33.2 Å². The Bertz CT molecular complexity index is 682. The van der Waals surface area contributed by atoms with Crippen molar-refractivity contribution in [3.05, 3.63) is 54.1 Å². The highest BCUT2D eigenvalue weighted by molar-refractivity contribution is 5.98. The van der Waals surface area contributed by atoms with E-state index in [1.54, 1.807) is 7.11 Å². The molecule has 0 fully saturated rings. The number of hydrogen-bond acceptors (Lipinski definition) is 3. The number of anilines is 2. The third-order valence-corrected chi connectivity index (χ3v) is 4.27. The molecule has 0 aliphatic carbocycles. The van der Waals surface area contributed by atoms with Gasteiger partial charge in [0, 0.05) is 20.1 Å². The molecule has 0 N–H and O–H groups in total. The van der Waals surface area contributed by atoms with Crippen LogP contribution in [0.25, 0.3) is 0 Å². The van der Waals surface area contributed by atoms with Crippen molar-refractivity contribution in [2.24, 2.45) is 0 Å². The molecule has 0 spiro atoms. The van der Waals surface area contributed by atoms with Crippen LogP contribution in [-0.2, 0) is 11.2 Å². The first-order valence-electron chi connectivity index (χ1n) is 7.92. The topological polar surface area (TPSA) is 32.8 Å². The number of ether oxygens (including phenoxy) is 1. The predicted molar refractivity (Wildman–Crippen MR) is 93.4 cm³/mol. The van der Waals surface area contributed by atoms with Crippen LogP contribution in [0.4, 0.5) is 11.4 Å². The van der Waals surface area contributed by atoms with Crippen LogP contribution in [0, 0.1) is 0 Å². The van der Waals surface area contributed by atoms with Gasteiger partial charge in [0.25, 0.3) is 0 Å². The van der Waals surface area contributed by atoms with E-state index in [2.05, 4.69) is 18.0 Å². The molecule has 23 heavy (non-hydrogen) atoms. The SMILES string of the molecule is COc1ccc(CC(=O)N2CCCN(C)c3ccccc32)cc1. The summed E-state index contributed by atoms with van der Waals surface area (Å²) >= 11 is 0. The molecule has 0 radical (unpaired) electrons. The number of carbonyl (C=O) groups is 1. The molecule has 0 atom stereocenters. The fraction of sp³-hybridized carbons (Fsp3) is 0.316. The highest BCUT2D eigenvalue weighted by Gasteiger charge is 2.22. The van der Waals surface area contributed by atoms with E-state index >= 15 is 0 Å². The maximum atomic E-state index is 12.8. The lowest BCUT2D eigenvalue weighted by atomic mass is 10.1. The number of nitrogens with zero attached hydrogens (tertiary/aromatic N) is 2. The number of carbonyl (C=O) groups excluding carboxylic acids is 1. The Labute approximate surface area is 137 Å². The molecule has 2 aromatic rings. The van der Waals surface area contributed by atoms with Crippen molar-refractivity contribution in [1.82, 2.24) is 0 Å². The average molecular weight is 310 g/mol. The highest BCUT2D eigenvalue weighted by Crippen LogP contribution is 2.31. The Balaban J connectivity index is 1.82. The predicted octanol–water partition coefficient (Wildman–Crippen LogP) is 3.11. The lowest BCUT2D eigenvalue weighted by molar-refractivity contribution is -0.118. The van der Waals surface area contributed by atoms with E-state index in [4.69, 9.17) is 4.74 Å². The van der Waals surface area contributed by atoms with Crippen molar-refractivity contribution in [1.29, 1.82) is 0 Å². The molecule has 0 aromatic heterocycles. The summed E-state index contributed by atoms with van der Waals surface area (Å²) in [5, 5.41) is 0. The van der Waals surface area contributed by atoms with Gasteiger partial charge in [-0.3, -0.25) is 4.79 Å². The summed E-state index contributed by atoms with van der Waals surface area (Å²) in [6.07, 6.45) is 1.38. The molecule has 2 aromatic carbocycles. The molecule has 0 unspecified atom stereocenters. The molecule has 3 rings (SSSR count). The van der Waals surface area contributed by atoms with E-state index < -0.39 is 0 Å². The largest absolute Gasteiger partial charge is 0.497 e. The van der Waals surface area contributed by atoms with Gasteiger partial charge < -0.3 is 14.5 Å². The third kappa shape index (κ3) is 3.31. The maximum absolute atomic E-state index is 12.8. The molecule has 0 saturated carbocycles.